The average Bonchev–Trinajstić information content (AvgIpc) is 2.92. The molecule has 136 valence electrons. The number of aryl methyl sites for hydroxylation is 2. The summed E-state index contributed by atoms with van der Waals surface area (Å²) in [4.78, 5) is 23.7. The molecule has 0 aliphatic carbocycles. The number of carbonyl (C=O) groups excluding carboxylic acids is 2. The monoisotopic (exact) mass is 353 g/mol. The van der Waals surface area contributed by atoms with Crippen molar-refractivity contribution in [2.45, 2.75) is 39.8 Å². The smallest absolute Gasteiger partial charge is 0.267 e. The molecule has 2 amide bonds. The van der Waals surface area contributed by atoms with Crippen LogP contribution in [0.15, 0.2) is 35.4 Å². The van der Waals surface area contributed by atoms with Gasteiger partial charge in [-0.1, -0.05) is 24.3 Å². The lowest BCUT2D eigenvalue weighted by molar-refractivity contribution is -0.130. The molecular weight excluding hydrogens is 330 g/mol. The van der Waals surface area contributed by atoms with Crippen molar-refractivity contribution in [3.8, 4) is 0 Å². The minimum Gasteiger partial charge on any atom is -0.347 e. The van der Waals surface area contributed by atoms with E-state index in [4.69, 9.17) is 0 Å². The second-order valence-corrected chi connectivity index (χ2v) is 6.55. The summed E-state index contributed by atoms with van der Waals surface area (Å²) in [6, 6.07) is 10.1. The van der Waals surface area contributed by atoms with Crippen LogP contribution in [-0.4, -0.2) is 39.4 Å². The van der Waals surface area contributed by atoms with Gasteiger partial charge in [0.15, 0.2) is 0 Å². The SMILES string of the molecule is Cc1cc(C)n(Cc2cccc(CNC(=O)C3=NN(C)C(=O)CC3)c2)n1. The predicted octanol–water partition coefficient (Wildman–Crippen LogP) is 1.77. The van der Waals surface area contributed by atoms with Gasteiger partial charge < -0.3 is 5.32 Å². The summed E-state index contributed by atoms with van der Waals surface area (Å²) in [6.45, 7) is 5.13. The van der Waals surface area contributed by atoms with E-state index in [1.54, 1.807) is 7.05 Å². The number of nitrogens with zero attached hydrogens (tertiary/aromatic N) is 4. The lowest BCUT2D eigenvalue weighted by atomic mass is 10.1. The number of nitrogens with one attached hydrogen (secondary N) is 1. The van der Waals surface area contributed by atoms with Crippen molar-refractivity contribution in [2.75, 3.05) is 7.05 Å². The standard InChI is InChI=1S/C19H23N5O2/c1-13-9-14(2)24(21-13)12-16-6-4-5-15(10-16)11-20-19(26)17-7-8-18(25)23(3)22-17/h4-6,9-10H,7-8,11-12H2,1-3H3,(H,20,26). The van der Waals surface area contributed by atoms with Crippen LogP contribution < -0.4 is 5.32 Å². The third kappa shape index (κ3) is 4.17. The van der Waals surface area contributed by atoms with E-state index < -0.39 is 0 Å². The highest BCUT2D eigenvalue weighted by atomic mass is 16.2. The highest BCUT2D eigenvalue weighted by Gasteiger charge is 2.21. The van der Waals surface area contributed by atoms with Gasteiger partial charge in [-0.05, 0) is 31.0 Å². The molecule has 1 aliphatic rings. The van der Waals surface area contributed by atoms with Gasteiger partial charge >= 0.3 is 0 Å². The van der Waals surface area contributed by atoms with Gasteiger partial charge in [0.2, 0.25) is 5.91 Å². The van der Waals surface area contributed by atoms with Crippen molar-refractivity contribution < 1.29 is 9.59 Å². The number of hydrogen-bond donors (Lipinski definition) is 1. The Morgan fingerprint density at radius 1 is 1.19 bits per heavy atom. The van der Waals surface area contributed by atoms with Gasteiger partial charge in [-0.15, -0.1) is 0 Å². The number of rotatable bonds is 5. The molecular formula is C19H23N5O2. The van der Waals surface area contributed by atoms with E-state index >= 15 is 0 Å². The molecule has 2 aromatic rings. The largest absolute Gasteiger partial charge is 0.347 e. The van der Waals surface area contributed by atoms with Crippen molar-refractivity contribution in [1.82, 2.24) is 20.1 Å². The second kappa shape index (κ2) is 7.51. The van der Waals surface area contributed by atoms with Crippen LogP contribution in [0, 0.1) is 13.8 Å². The summed E-state index contributed by atoms with van der Waals surface area (Å²) in [6.07, 6.45) is 0.702. The molecule has 26 heavy (non-hydrogen) atoms. The highest BCUT2D eigenvalue weighted by molar-refractivity contribution is 6.39. The maximum Gasteiger partial charge on any atom is 0.267 e. The number of amides is 2. The maximum absolute atomic E-state index is 12.3. The topological polar surface area (TPSA) is 79.6 Å². The van der Waals surface area contributed by atoms with Crippen LogP contribution >= 0.6 is 0 Å². The Labute approximate surface area is 152 Å². The van der Waals surface area contributed by atoms with Crippen molar-refractivity contribution in [2.24, 2.45) is 5.10 Å². The Morgan fingerprint density at radius 3 is 2.65 bits per heavy atom. The zero-order valence-corrected chi connectivity index (χ0v) is 15.3. The summed E-state index contributed by atoms with van der Waals surface area (Å²) in [5.41, 5.74) is 4.66. The molecule has 2 heterocycles. The summed E-state index contributed by atoms with van der Waals surface area (Å²) in [5.74, 6) is -0.299. The van der Waals surface area contributed by atoms with E-state index in [0.29, 0.717) is 31.6 Å². The van der Waals surface area contributed by atoms with E-state index in [1.807, 2.05) is 36.7 Å². The number of benzene rings is 1. The summed E-state index contributed by atoms with van der Waals surface area (Å²) >= 11 is 0. The lowest BCUT2D eigenvalue weighted by Crippen LogP contribution is -2.37. The molecule has 3 rings (SSSR count). The van der Waals surface area contributed by atoms with Gasteiger partial charge in [0, 0.05) is 32.1 Å². The minimum absolute atomic E-state index is 0.0709. The second-order valence-electron chi connectivity index (χ2n) is 6.55. The van der Waals surface area contributed by atoms with Gasteiger partial charge in [0.1, 0.15) is 5.71 Å². The van der Waals surface area contributed by atoms with Crippen LogP contribution in [0.1, 0.15) is 35.4 Å². The molecule has 0 unspecified atom stereocenters. The highest BCUT2D eigenvalue weighted by Crippen LogP contribution is 2.11. The molecule has 0 radical (unpaired) electrons. The Balaban J connectivity index is 1.62. The lowest BCUT2D eigenvalue weighted by Gasteiger charge is -2.19. The zero-order valence-electron chi connectivity index (χ0n) is 15.3. The molecule has 0 saturated carbocycles. The van der Waals surface area contributed by atoms with Crippen LogP contribution in [0.5, 0.6) is 0 Å². The van der Waals surface area contributed by atoms with Crippen LogP contribution in [0.2, 0.25) is 0 Å². The number of hydrogen-bond acceptors (Lipinski definition) is 4. The molecule has 0 atom stereocenters. The van der Waals surface area contributed by atoms with Crippen LogP contribution in [0.25, 0.3) is 0 Å². The molecule has 0 bridgehead atoms. The quantitative estimate of drug-likeness (QED) is 0.890. The van der Waals surface area contributed by atoms with Gasteiger partial charge in [0.05, 0.1) is 12.2 Å². The Bertz CT molecular complexity index is 869. The predicted molar refractivity (Wildman–Crippen MR) is 98.5 cm³/mol. The first kappa shape index (κ1) is 17.8. The van der Waals surface area contributed by atoms with Crippen LogP contribution in [-0.2, 0) is 22.7 Å². The Kier molecular flexibility index (Phi) is 5.16. The first-order valence-electron chi connectivity index (χ1n) is 8.63. The van der Waals surface area contributed by atoms with Crippen molar-refractivity contribution in [3.63, 3.8) is 0 Å². The molecule has 1 N–H and O–H groups in total. The van der Waals surface area contributed by atoms with Crippen molar-refractivity contribution in [3.05, 3.63) is 52.8 Å². The molecule has 1 aromatic heterocycles. The molecule has 0 fully saturated rings. The van der Waals surface area contributed by atoms with Gasteiger partial charge in [-0.2, -0.15) is 10.2 Å². The van der Waals surface area contributed by atoms with E-state index in [-0.39, 0.29) is 11.8 Å². The first-order chi connectivity index (χ1) is 12.4. The average molecular weight is 353 g/mol. The van der Waals surface area contributed by atoms with Gasteiger partial charge in [0.25, 0.3) is 5.91 Å². The first-order valence-corrected chi connectivity index (χ1v) is 8.63. The van der Waals surface area contributed by atoms with Crippen molar-refractivity contribution >= 4 is 17.5 Å². The Morgan fingerprint density at radius 2 is 1.96 bits per heavy atom. The molecule has 0 spiro atoms. The normalized spacial score (nSPS) is 14.3. The van der Waals surface area contributed by atoms with Crippen molar-refractivity contribution in [1.29, 1.82) is 0 Å². The fourth-order valence-corrected chi connectivity index (χ4v) is 2.96. The molecule has 7 nitrogen and oxygen atoms in total. The fourth-order valence-electron chi connectivity index (χ4n) is 2.96. The van der Waals surface area contributed by atoms with Gasteiger partial charge in [-0.3, -0.25) is 14.3 Å². The summed E-state index contributed by atoms with van der Waals surface area (Å²) < 4.78 is 1.97. The van der Waals surface area contributed by atoms with Gasteiger partial charge in [-0.25, -0.2) is 5.01 Å². The van der Waals surface area contributed by atoms with Crippen LogP contribution in [0.4, 0.5) is 0 Å². The van der Waals surface area contributed by atoms with E-state index in [0.717, 1.165) is 22.5 Å². The van der Waals surface area contributed by atoms with E-state index in [1.165, 1.54) is 5.01 Å². The molecule has 7 heteroatoms. The number of hydrazone groups is 1. The van der Waals surface area contributed by atoms with Crippen LogP contribution in [0.3, 0.4) is 0 Å². The number of carbonyl (C=O) groups is 2. The van der Waals surface area contributed by atoms with E-state index in [9.17, 15) is 9.59 Å². The molecule has 0 saturated heterocycles. The minimum atomic E-state index is -0.228. The molecule has 1 aliphatic heterocycles. The maximum atomic E-state index is 12.3. The third-order valence-electron chi connectivity index (χ3n) is 4.35. The molecule has 1 aromatic carbocycles. The van der Waals surface area contributed by atoms with E-state index in [2.05, 4.69) is 27.6 Å². The third-order valence-corrected chi connectivity index (χ3v) is 4.35. The fraction of sp³-hybridized carbons (Fsp3) is 0.368. The summed E-state index contributed by atoms with van der Waals surface area (Å²) in [7, 11) is 1.57. The number of aromatic nitrogens is 2. The Hall–Kier alpha value is -2.96. The summed E-state index contributed by atoms with van der Waals surface area (Å²) in [5, 5.41) is 12.6. The zero-order chi connectivity index (χ0) is 18.7.